The highest BCUT2D eigenvalue weighted by Gasteiger charge is 2.19. The number of aliphatic carboxylic acids is 1. The predicted octanol–water partition coefficient (Wildman–Crippen LogP) is 2.10. The van der Waals surface area contributed by atoms with E-state index in [9.17, 15) is 9.59 Å². The third-order valence-electron chi connectivity index (χ3n) is 3.99. The lowest BCUT2D eigenvalue weighted by Gasteiger charge is -2.22. The highest BCUT2D eigenvalue weighted by Crippen LogP contribution is 2.32. The molecule has 7 heteroatoms. The van der Waals surface area contributed by atoms with Crippen LogP contribution in [-0.4, -0.2) is 48.4 Å². The number of hydrogen-bond donors (Lipinski definition) is 2. The molecular weight excluding hydrogens is 312 g/mol. The first-order chi connectivity index (χ1) is 11.4. The molecule has 0 aromatic heterocycles. The Labute approximate surface area is 141 Å². The minimum Gasteiger partial charge on any atom is -0.481 e. The summed E-state index contributed by atoms with van der Waals surface area (Å²) in [5.41, 5.74) is 1.12. The van der Waals surface area contributed by atoms with Gasteiger partial charge in [-0.15, -0.1) is 0 Å². The summed E-state index contributed by atoms with van der Waals surface area (Å²) in [6.07, 6.45) is 1.57. The number of aryl methyl sites for hydroxylation is 1. The maximum absolute atomic E-state index is 12.1. The van der Waals surface area contributed by atoms with Gasteiger partial charge in [-0.05, 0) is 37.5 Å². The van der Waals surface area contributed by atoms with E-state index in [2.05, 4.69) is 5.32 Å². The van der Waals surface area contributed by atoms with Crippen molar-refractivity contribution in [3.63, 3.8) is 0 Å². The molecule has 0 fully saturated rings. The zero-order valence-electron chi connectivity index (χ0n) is 14.2. The second-order valence-electron chi connectivity index (χ2n) is 6.20. The van der Waals surface area contributed by atoms with E-state index in [-0.39, 0.29) is 25.4 Å². The van der Waals surface area contributed by atoms with Crippen LogP contribution in [0.2, 0.25) is 0 Å². The smallest absolute Gasteiger partial charge is 0.317 e. The molecular formula is C17H24N2O5. The summed E-state index contributed by atoms with van der Waals surface area (Å²) >= 11 is 0. The molecule has 0 spiro atoms. The molecule has 0 radical (unpaired) electrons. The van der Waals surface area contributed by atoms with Crippen molar-refractivity contribution in [2.45, 2.75) is 32.7 Å². The summed E-state index contributed by atoms with van der Waals surface area (Å²) in [7, 11) is 1.60. The van der Waals surface area contributed by atoms with Crippen LogP contribution in [0.5, 0.6) is 11.5 Å². The highest BCUT2D eigenvalue weighted by molar-refractivity contribution is 5.75. The van der Waals surface area contributed by atoms with Gasteiger partial charge in [0.25, 0.3) is 0 Å². The fourth-order valence-corrected chi connectivity index (χ4v) is 2.44. The van der Waals surface area contributed by atoms with E-state index in [4.69, 9.17) is 14.6 Å². The number of carbonyl (C=O) groups excluding carboxylic acids is 1. The van der Waals surface area contributed by atoms with Gasteiger partial charge in [-0.1, -0.05) is 13.0 Å². The molecule has 1 aliphatic rings. The monoisotopic (exact) mass is 336 g/mol. The summed E-state index contributed by atoms with van der Waals surface area (Å²) in [5, 5.41) is 11.8. The molecule has 0 bridgehead atoms. The van der Waals surface area contributed by atoms with Gasteiger partial charge in [0.05, 0.1) is 5.92 Å². The molecule has 2 atom stereocenters. The Morgan fingerprint density at radius 2 is 2.00 bits per heavy atom. The number of ether oxygens (including phenoxy) is 2. The number of carbonyl (C=O) groups is 2. The first-order valence-corrected chi connectivity index (χ1v) is 7.99. The number of urea groups is 1. The van der Waals surface area contributed by atoms with Crippen LogP contribution >= 0.6 is 0 Å². The van der Waals surface area contributed by atoms with Crippen LogP contribution in [0.3, 0.4) is 0 Å². The largest absolute Gasteiger partial charge is 0.481 e. The fraction of sp³-hybridized carbons (Fsp3) is 0.529. The summed E-state index contributed by atoms with van der Waals surface area (Å²) in [5.74, 6) is 0.0102. The van der Waals surface area contributed by atoms with Gasteiger partial charge in [-0.25, -0.2) is 4.79 Å². The Morgan fingerprint density at radius 3 is 2.71 bits per heavy atom. The van der Waals surface area contributed by atoms with Crippen molar-refractivity contribution in [1.82, 2.24) is 10.2 Å². The molecule has 132 valence electrons. The molecule has 1 aromatic rings. The van der Waals surface area contributed by atoms with Gasteiger partial charge in [0.15, 0.2) is 11.5 Å². The summed E-state index contributed by atoms with van der Waals surface area (Å²) in [6, 6.07) is 5.55. The van der Waals surface area contributed by atoms with Crippen molar-refractivity contribution in [2.24, 2.45) is 5.92 Å². The van der Waals surface area contributed by atoms with E-state index in [1.165, 1.54) is 4.90 Å². The van der Waals surface area contributed by atoms with Crippen molar-refractivity contribution in [2.75, 3.05) is 20.4 Å². The van der Waals surface area contributed by atoms with Crippen LogP contribution in [0.4, 0.5) is 4.79 Å². The lowest BCUT2D eigenvalue weighted by atomic mass is 10.1. The summed E-state index contributed by atoms with van der Waals surface area (Å²) < 4.78 is 10.6. The molecule has 2 unspecified atom stereocenters. The van der Waals surface area contributed by atoms with E-state index in [0.717, 1.165) is 29.9 Å². The molecule has 24 heavy (non-hydrogen) atoms. The van der Waals surface area contributed by atoms with Crippen LogP contribution in [0.1, 0.15) is 25.8 Å². The van der Waals surface area contributed by atoms with Crippen LogP contribution in [0.15, 0.2) is 18.2 Å². The van der Waals surface area contributed by atoms with Crippen molar-refractivity contribution in [1.29, 1.82) is 0 Å². The van der Waals surface area contributed by atoms with Crippen molar-refractivity contribution < 1.29 is 24.2 Å². The van der Waals surface area contributed by atoms with Gasteiger partial charge in [0, 0.05) is 19.6 Å². The zero-order valence-corrected chi connectivity index (χ0v) is 14.2. The molecule has 1 heterocycles. The van der Waals surface area contributed by atoms with E-state index in [0.29, 0.717) is 0 Å². The normalized spacial score (nSPS) is 14.8. The number of carboxylic acids is 1. The Hall–Kier alpha value is -2.44. The zero-order chi connectivity index (χ0) is 17.7. The van der Waals surface area contributed by atoms with Gasteiger partial charge < -0.3 is 24.8 Å². The third kappa shape index (κ3) is 4.78. The first-order valence-electron chi connectivity index (χ1n) is 7.99. The molecule has 0 aliphatic carbocycles. The lowest BCUT2D eigenvalue weighted by molar-refractivity contribution is -0.141. The molecule has 0 saturated heterocycles. The SMILES string of the molecule is CC(CCc1ccc2c(c1)OCO2)NC(=O)N(C)CC(C)C(=O)O. The van der Waals surface area contributed by atoms with Crippen LogP contribution in [-0.2, 0) is 11.2 Å². The average molecular weight is 336 g/mol. The van der Waals surface area contributed by atoms with Crippen molar-refractivity contribution in [3.05, 3.63) is 23.8 Å². The van der Waals surface area contributed by atoms with Gasteiger partial charge in [-0.2, -0.15) is 0 Å². The number of amides is 2. The van der Waals surface area contributed by atoms with E-state index >= 15 is 0 Å². The topological polar surface area (TPSA) is 88.1 Å². The maximum Gasteiger partial charge on any atom is 0.317 e. The van der Waals surface area contributed by atoms with Crippen LogP contribution in [0, 0.1) is 5.92 Å². The molecule has 1 aliphatic heterocycles. The minimum absolute atomic E-state index is 0.0227. The van der Waals surface area contributed by atoms with Crippen LogP contribution in [0.25, 0.3) is 0 Å². The Bertz CT molecular complexity index is 605. The summed E-state index contributed by atoms with van der Waals surface area (Å²) in [4.78, 5) is 24.3. The Balaban J connectivity index is 1.77. The molecule has 7 nitrogen and oxygen atoms in total. The van der Waals surface area contributed by atoms with E-state index < -0.39 is 11.9 Å². The predicted molar refractivity (Wildman–Crippen MR) is 88.3 cm³/mol. The number of hydrogen-bond acceptors (Lipinski definition) is 4. The highest BCUT2D eigenvalue weighted by atomic mass is 16.7. The van der Waals surface area contributed by atoms with Crippen molar-refractivity contribution in [3.8, 4) is 11.5 Å². The second kappa shape index (κ2) is 7.90. The first kappa shape index (κ1) is 17.9. The number of fused-ring (bicyclic) bond motifs is 1. The number of carboxylic acid groups (broad SMARTS) is 1. The Morgan fingerprint density at radius 1 is 1.29 bits per heavy atom. The number of nitrogens with zero attached hydrogens (tertiary/aromatic N) is 1. The van der Waals surface area contributed by atoms with Gasteiger partial charge in [0.1, 0.15) is 0 Å². The molecule has 2 amide bonds. The quantitative estimate of drug-likeness (QED) is 0.796. The maximum atomic E-state index is 12.1. The van der Waals surface area contributed by atoms with Crippen molar-refractivity contribution >= 4 is 12.0 Å². The molecule has 1 aromatic carbocycles. The van der Waals surface area contributed by atoms with E-state index in [1.54, 1.807) is 14.0 Å². The molecule has 2 N–H and O–H groups in total. The molecule has 0 saturated carbocycles. The second-order valence-corrected chi connectivity index (χ2v) is 6.20. The number of nitrogens with one attached hydrogen (secondary N) is 1. The fourth-order valence-electron chi connectivity index (χ4n) is 2.44. The third-order valence-corrected chi connectivity index (χ3v) is 3.99. The number of benzene rings is 1. The lowest BCUT2D eigenvalue weighted by Crippen LogP contribution is -2.44. The standard InChI is InChI=1S/C17H24N2O5/c1-11(16(20)21)9-19(3)17(22)18-12(2)4-5-13-6-7-14-15(8-13)24-10-23-14/h6-8,11-12H,4-5,9-10H2,1-3H3,(H,18,22)(H,20,21). The van der Waals surface area contributed by atoms with E-state index in [1.807, 2.05) is 25.1 Å². The van der Waals surface area contributed by atoms with Crippen LogP contribution < -0.4 is 14.8 Å². The van der Waals surface area contributed by atoms with Gasteiger partial charge in [-0.3, -0.25) is 4.79 Å². The van der Waals surface area contributed by atoms with Gasteiger partial charge >= 0.3 is 12.0 Å². The number of rotatable bonds is 7. The minimum atomic E-state index is -0.912. The molecule has 2 rings (SSSR count). The summed E-state index contributed by atoms with van der Waals surface area (Å²) in [6.45, 7) is 3.94. The Kier molecular flexibility index (Phi) is 5.89. The van der Waals surface area contributed by atoms with Gasteiger partial charge in [0.2, 0.25) is 6.79 Å². The average Bonchev–Trinajstić information content (AvgIpc) is 3.00.